The molecule has 0 saturated carbocycles. The number of anilines is 4. The van der Waals surface area contributed by atoms with Gasteiger partial charge in [-0.15, -0.1) is 0 Å². The van der Waals surface area contributed by atoms with Crippen LogP contribution in [0.25, 0.3) is 0 Å². The van der Waals surface area contributed by atoms with E-state index in [1.54, 1.807) is 66.4 Å². The highest BCUT2D eigenvalue weighted by atomic mass is 32.2. The monoisotopic (exact) mass is 800 g/mol. The summed E-state index contributed by atoms with van der Waals surface area (Å²) in [5.74, 6) is 1.64. The molecule has 13 nitrogen and oxygen atoms in total. The van der Waals surface area contributed by atoms with Crippen LogP contribution in [0.3, 0.4) is 0 Å². The molecule has 4 aliphatic rings. The molecule has 3 aromatic carbocycles. The molecule has 298 valence electrons. The van der Waals surface area contributed by atoms with Crippen molar-refractivity contribution >= 4 is 58.7 Å². The van der Waals surface area contributed by atoms with Crippen molar-refractivity contribution in [2.45, 2.75) is 55.8 Å². The first kappa shape index (κ1) is 40.0. The van der Waals surface area contributed by atoms with Gasteiger partial charge in [0, 0.05) is 29.2 Å². The Bertz CT molecular complexity index is 2100. The summed E-state index contributed by atoms with van der Waals surface area (Å²) in [6.45, 7) is 0.594. The van der Waals surface area contributed by atoms with Crippen LogP contribution in [0, 0.1) is 0 Å². The normalized spacial score (nSPS) is 18.3. The third kappa shape index (κ3) is 10.2. The fourth-order valence-corrected chi connectivity index (χ4v) is 8.30. The highest BCUT2D eigenvalue weighted by Gasteiger charge is 2.41. The summed E-state index contributed by atoms with van der Waals surface area (Å²) in [7, 11) is 0. The zero-order valence-electron chi connectivity index (χ0n) is 31.7. The number of benzene rings is 3. The van der Waals surface area contributed by atoms with Gasteiger partial charge < -0.3 is 35.8 Å². The minimum absolute atomic E-state index is 0.0434. The predicted octanol–water partition coefficient (Wildman–Crippen LogP) is 7.41. The van der Waals surface area contributed by atoms with E-state index < -0.39 is 17.4 Å². The lowest BCUT2D eigenvalue weighted by molar-refractivity contribution is -0.117. The third-order valence-corrected chi connectivity index (χ3v) is 11.3. The Hall–Kier alpha value is -6.25. The SMILES string of the molecule is O=C1CCCOc2ccc(cc2)C(O)(C2CCCCS2)c2ccc(cc2)OCCCC(=O)Nc2cccc(n2)NC(=O)c2cccc(c2)C(=O)Nc2cccc(n2)N1. The van der Waals surface area contributed by atoms with Crippen molar-refractivity contribution in [2.75, 3.05) is 40.2 Å². The lowest BCUT2D eigenvalue weighted by Crippen LogP contribution is -2.40. The second-order valence-electron chi connectivity index (χ2n) is 14.0. The fraction of sp³-hybridized carbons (Fsp3) is 0.273. The van der Waals surface area contributed by atoms with E-state index in [-0.39, 0.29) is 64.3 Å². The minimum atomic E-state index is -1.25. The van der Waals surface area contributed by atoms with E-state index in [0.717, 1.165) is 36.1 Å². The van der Waals surface area contributed by atoms with Gasteiger partial charge in [0.05, 0.1) is 13.2 Å². The average molecular weight is 801 g/mol. The zero-order chi connectivity index (χ0) is 40.3. The third-order valence-electron chi connectivity index (χ3n) is 9.77. The van der Waals surface area contributed by atoms with E-state index in [1.165, 1.54) is 6.07 Å². The number of carbonyl (C=O) groups is 4. The summed E-state index contributed by atoms with van der Waals surface area (Å²) < 4.78 is 11.9. The Labute approximate surface area is 340 Å². The van der Waals surface area contributed by atoms with Crippen LogP contribution >= 0.6 is 11.8 Å². The van der Waals surface area contributed by atoms with Crippen LogP contribution in [-0.2, 0) is 15.2 Å². The molecular formula is C44H44N6O7S. The van der Waals surface area contributed by atoms with Crippen LogP contribution in [0.2, 0.25) is 0 Å². The molecule has 4 aliphatic heterocycles. The van der Waals surface area contributed by atoms with Gasteiger partial charge in [0.1, 0.15) is 40.4 Å². The van der Waals surface area contributed by atoms with Gasteiger partial charge in [-0.3, -0.25) is 19.2 Å². The zero-order valence-corrected chi connectivity index (χ0v) is 32.6. The van der Waals surface area contributed by atoms with Crippen molar-refractivity contribution in [2.24, 2.45) is 0 Å². The number of amides is 4. The molecule has 2 aromatic heterocycles. The molecule has 1 fully saturated rings. The van der Waals surface area contributed by atoms with Crippen molar-refractivity contribution in [1.29, 1.82) is 0 Å². The van der Waals surface area contributed by atoms with Crippen LogP contribution < -0.4 is 30.7 Å². The first-order valence-electron chi connectivity index (χ1n) is 19.3. The van der Waals surface area contributed by atoms with Crippen LogP contribution in [0.1, 0.15) is 76.8 Å². The summed E-state index contributed by atoms with van der Waals surface area (Å²) in [6.07, 6.45) is 4.27. The highest BCUT2D eigenvalue weighted by molar-refractivity contribution is 8.00. The molecule has 58 heavy (non-hydrogen) atoms. The molecule has 5 N–H and O–H groups in total. The number of fused-ring (bicyclic) bond motifs is 2. The molecule has 1 unspecified atom stereocenters. The summed E-state index contributed by atoms with van der Waals surface area (Å²) >= 11 is 1.78. The lowest BCUT2D eigenvalue weighted by Gasteiger charge is -2.39. The van der Waals surface area contributed by atoms with Crippen molar-refractivity contribution in [1.82, 2.24) is 9.97 Å². The quantitative estimate of drug-likeness (QED) is 0.115. The Morgan fingerprint density at radius 2 is 1.02 bits per heavy atom. The number of ether oxygens (including phenoxy) is 2. The molecule has 6 heterocycles. The maximum absolute atomic E-state index is 13.2. The minimum Gasteiger partial charge on any atom is -0.494 e. The number of carbonyl (C=O) groups excluding carboxylic acids is 4. The molecule has 14 heteroatoms. The number of aromatic nitrogens is 2. The second kappa shape index (κ2) is 18.8. The number of hydrogen-bond donors (Lipinski definition) is 5. The van der Waals surface area contributed by atoms with Crippen LogP contribution in [0.4, 0.5) is 23.3 Å². The highest BCUT2D eigenvalue weighted by Crippen LogP contribution is 2.44. The topological polar surface area (TPSA) is 181 Å². The van der Waals surface area contributed by atoms with Crippen LogP contribution in [0.5, 0.6) is 11.5 Å². The molecule has 0 aliphatic carbocycles. The van der Waals surface area contributed by atoms with Gasteiger partial charge in [-0.05, 0) is 109 Å². The van der Waals surface area contributed by atoms with E-state index >= 15 is 0 Å². The number of hydrogen-bond acceptors (Lipinski definition) is 10. The van der Waals surface area contributed by atoms with Crippen LogP contribution in [0.15, 0.2) is 109 Å². The van der Waals surface area contributed by atoms with Gasteiger partial charge >= 0.3 is 0 Å². The number of thioether (sulfide) groups is 1. The first-order valence-corrected chi connectivity index (χ1v) is 20.3. The Kier molecular flexibility index (Phi) is 13.0. The van der Waals surface area contributed by atoms with Crippen molar-refractivity contribution in [3.8, 4) is 11.5 Å². The summed E-state index contributed by atoms with van der Waals surface area (Å²) in [6, 6.07) is 30.9. The summed E-state index contributed by atoms with van der Waals surface area (Å²) in [5.41, 5.74) is 0.700. The number of rotatable bonds is 1. The second-order valence-corrected chi connectivity index (χ2v) is 15.3. The fourth-order valence-electron chi connectivity index (χ4n) is 6.80. The van der Waals surface area contributed by atoms with Gasteiger partial charge in [-0.2, -0.15) is 11.8 Å². The smallest absolute Gasteiger partial charge is 0.256 e. The first-order chi connectivity index (χ1) is 28.2. The molecule has 0 radical (unpaired) electrons. The Balaban J connectivity index is 1.08. The van der Waals surface area contributed by atoms with Crippen molar-refractivity contribution in [3.05, 3.63) is 131 Å². The molecule has 1 atom stereocenters. The Morgan fingerprint density at radius 3 is 1.47 bits per heavy atom. The maximum atomic E-state index is 13.2. The predicted molar refractivity (Wildman–Crippen MR) is 224 cm³/mol. The number of nitrogens with one attached hydrogen (secondary N) is 4. The molecule has 0 spiro atoms. The average Bonchev–Trinajstić information content (AvgIpc) is 3.24. The molecule has 1 saturated heterocycles. The number of pyridine rings is 2. The molecule has 5 aromatic rings. The van der Waals surface area contributed by atoms with Gasteiger partial charge in [0.15, 0.2) is 0 Å². The number of aliphatic hydroxyl groups is 1. The molecule has 10 bridgehead atoms. The molecule has 9 rings (SSSR count). The van der Waals surface area contributed by atoms with Crippen molar-refractivity contribution < 1.29 is 33.8 Å². The van der Waals surface area contributed by atoms with Gasteiger partial charge in [-0.1, -0.05) is 48.9 Å². The van der Waals surface area contributed by atoms with E-state index in [0.29, 0.717) is 37.6 Å². The van der Waals surface area contributed by atoms with Gasteiger partial charge in [-0.25, -0.2) is 9.97 Å². The molecular weight excluding hydrogens is 757 g/mol. The standard InChI is InChI=1S/C44H44N6O7S/c51-40-15-6-25-56-33-21-17-31(18-22-33)44(55,35-10-1-2-27-58-35)32-19-23-34(24-20-32)57-26-7-16-41(52)48-37-12-5-14-39(46-37)50-43(54)30-9-3-8-29(28-30)42(53)49-38-13-4-11-36(45-38)47-40/h3-5,8-9,11-14,17-24,28,35,55H,1-2,6-7,10,15-16,25-27H2,(H2,45,47,49,51,53)(H2,46,48,50,52,54). The van der Waals surface area contributed by atoms with E-state index in [2.05, 4.69) is 31.2 Å². The van der Waals surface area contributed by atoms with Crippen molar-refractivity contribution in [3.63, 3.8) is 0 Å². The van der Waals surface area contributed by atoms with Gasteiger partial charge in [0.2, 0.25) is 11.8 Å². The van der Waals surface area contributed by atoms with E-state index in [1.807, 2.05) is 48.5 Å². The molecule has 4 amide bonds. The lowest BCUT2D eigenvalue weighted by atomic mass is 9.81. The largest absolute Gasteiger partial charge is 0.494 e. The Morgan fingerprint density at radius 1 is 0.569 bits per heavy atom. The number of nitrogens with zero attached hydrogens (tertiary/aromatic N) is 2. The summed E-state index contributed by atoms with van der Waals surface area (Å²) in [5, 5.41) is 23.4. The van der Waals surface area contributed by atoms with Crippen LogP contribution in [-0.4, -0.2) is 62.9 Å². The van der Waals surface area contributed by atoms with Gasteiger partial charge in [0.25, 0.3) is 11.8 Å². The maximum Gasteiger partial charge on any atom is 0.256 e. The van der Waals surface area contributed by atoms with E-state index in [4.69, 9.17) is 9.47 Å². The van der Waals surface area contributed by atoms with E-state index in [9.17, 15) is 24.3 Å². The summed E-state index contributed by atoms with van der Waals surface area (Å²) in [4.78, 5) is 60.6.